The number of rotatable bonds is 4. The molecule has 26 heavy (non-hydrogen) atoms. The molecule has 0 bridgehead atoms. The molecule has 4 rings (SSSR count). The van der Waals surface area contributed by atoms with E-state index in [2.05, 4.69) is 33.7 Å². The SMILES string of the molecule is O=C(Nc1ccc(O)cc1)C1CCN(Cc2cccc3c2NCC3)CC1. The molecule has 0 unspecified atom stereocenters. The fourth-order valence-corrected chi connectivity index (χ4v) is 3.93. The van der Waals surface area contributed by atoms with Crippen molar-refractivity contribution < 1.29 is 9.90 Å². The minimum Gasteiger partial charge on any atom is -0.508 e. The number of likely N-dealkylation sites (tertiary alicyclic amines) is 1. The summed E-state index contributed by atoms with van der Waals surface area (Å²) in [5.74, 6) is 0.343. The molecule has 0 aromatic heterocycles. The number of benzene rings is 2. The molecule has 2 heterocycles. The Morgan fingerprint density at radius 3 is 2.69 bits per heavy atom. The number of nitrogens with one attached hydrogen (secondary N) is 2. The van der Waals surface area contributed by atoms with Crippen LogP contribution in [0.25, 0.3) is 0 Å². The van der Waals surface area contributed by atoms with E-state index in [0.717, 1.165) is 51.1 Å². The van der Waals surface area contributed by atoms with Crippen molar-refractivity contribution in [3.63, 3.8) is 0 Å². The molecule has 1 fully saturated rings. The monoisotopic (exact) mass is 351 g/mol. The van der Waals surface area contributed by atoms with Crippen molar-refractivity contribution in [3.05, 3.63) is 53.6 Å². The molecule has 1 saturated heterocycles. The number of fused-ring (bicyclic) bond motifs is 1. The van der Waals surface area contributed by atoms with Gasteiger partial charge in [-0.15, -0.1) is 0 Å². The highest BCUT2D eigenvalue weighted by Crippen LogP contribution is 2.29. The second-order valence-electron chi connectivity index (χ2n) is 7.21. The van der Waals surface area contributed by atoms with Gasteiger partial charge in [0.05, 0.1) is 0 Å². The fourth-order valence-electron chi connectivity index (χ4n) is 3.93. The number of para-hydroxylation sites is 1. The van der Waals surface area contributed by atoms with Crippen LogP contribution in [0.15, 0.2) is 42.5 Å². The summed E-state index contributed by atoms with van der Waals surface area (Å²) in [5.41, 5.74) is 4.85. The second-order valence-corrected chi connectivity index (χ2v) is 7.21. The van der Waals surface area contributed by atoms with Gasteiger partial charge < -0.3 is 15.7 Å². The maximum atomic E-state index is 12.5. The average molecular weight is 351 g/mol. The summed E-state index contributed by atoms with van der Waals surface area (Å²) >= 11 is 0. The third kappa shape index (κ3) is 3.68. The molecule has 5 nitrogen and oxygen atoms in total. The van der Waals surface area contributed by atoms with Gasteiger partial charge in [0.1, 0.15) is 5.75 Å². The maximum absolute atomic E-state index is 12.5. The summed E-state index contributed by atoms with van der Waals surface area (Å²) in [6, 6.07) is 13.2. The maximum Gasteiger partial charge on any atom is 0.227 e. The van der Waals surface area contributed by atoms with Crippen LogP contribution in [0, 0.1) is 5.92 Å². The van der Waals surface area contributed by atoms with Crippen LogP contribution in [0.5, 0.6) is 5.75 Å². The number of phenols is 1. The molecular weight excluding hydrogens is 326 g/mol. The molecule has 2 aromatic carbocycles. The van der Waals surface area contributed by atoms with Gasteiger partial charge in [0.2, 0.25) is 5.91 Å². The summed E-state index contributed by atoms with van der Waals surface area (Å²) in [4.78, 5) is 14.9. The molecule has 2 aromatic rings. The predicted molar refractivity (Wildman–Crippen MR) is 103 cm³/mol. The van der Waals surface area contributed by atoms with E-state index in [-0.39, 0.29) is 17.6 Å². The zero-order valence-electron chi connectivity index (χ0n) is 14.9. The quantitative estimate of drug-likeness (QED) is 0.740. The van der Waals surface area contributed by atoms with Gasteiger partial charge in [0.25, 0.3) is 0 Å². The van der Waals surface area contributed by atoms with Crippen molar-refractivity contribution in [2.45, 2.75) is 25.8 Å². The minimum atomic E-state index is 0.0552. The Hall–Kier alpha value is -2.53. The molecule has 0 aliphatic carbocycles. The minimum absolute atomic E-state index is 0.0552. The van der Waals surface area contributed by atoms with Crippen molar-refractivity contribution >= 4 is 17.3 Å². The summed E-state index contributed by atoms with van der Waals surface area (Å²) in [5, 5.41) is 15.8. The predicted octanol–water partition coefficient (Wildman–Crippen LogP) is 3.21. The number of amides is 1. The first kappa shape index (κ1) is 16.9. The average Bonchev–Trinajstić information content (AvgIpc) is 3.14. The third-order valence-electron chi connectivity index (χ3n) is 5.42. The highest BCUT2D eigenvalue weighted by molar-refractivity contribution is 5.92. The molecule has 2 aliphatic heterocycles. The van der Waals surface area contributed by atoms with Crippen molar-refractivity contribution in [1.29, 1.82) is 0 Å². The standard InChI is InChI=1S/C21H25N3O2/c25-19-6-4-18(5-7-19)23-21(26)16-9-12-24(13-10-16)14-17-3-1-2-15-8-11-22-20(15)17/h1-7,16,22,25H,8-14H2,(H,23,26). The Balaban J connectivity index is 1.31. The van der Waals surface area contributed by atoms with Crippen LogP contribution in [0.1, 0.15) is 24.0 Å². The number of piperidine rings is 1. The molecule has 0 atom stereocenters. The number of phenolic OH excluding ortho intramolecular Hbond substituents is 1. The lowest BCUT2D eigenvalue weighted by Crippen LogP contribution is -2.37. The molecule has 3 N–H and O–H groups in total. The molecule has 1 amide bonds. The van der Waals surface area contributed by atoms with Gasteiger partial charge in [-0.1, -0.05) is 18.2 Å². The first-order valence-corrected chi connectivity index (χ1v) is 9.36. The molecule has 0 saturated carbocycles. The van der Waals surface area contributed by atoms with Crippen molar-refractivity contribution in [2.24, 2.45) is 5.92 Å². The van der Waals surface area contributed by atoms with Gasteiger partial charge in [0.15, 0.2) is 0 Å². The fraction of sp³-hybridized carbons (Fsp3) is 0.381. The van der Waals surface area contributed by atoms with Crippen molar-refractivity contribution in [2.75, 3.05) is 30.3 Å². The van der Waals surface area contributed by atoms with E-state index in [1.807, 2.05) is 0 Å². The highest BCUT2D eigenvalue weighted by atomic mass is 16.3. The Labute approximate surface area is 154 Å². The van der Waals surface area contributed by atoms with Gasteiger partial charge in [-0.25, -0.2) is 0 Å². The Morgan fingerprint density at radius 1 is 1.15 bits per heavy atom. The van der Waals surface area contributed by atoms with Crippen LogP contribution in [0.4, 0.5) is 11.4 Å². The summed E-state index contributed by atoms with van der Waals surface area (Å²) in [6.07, 6.45) is 2.88. The second kappa shape index (κ2) is 7.38. The van der Waals surface area contributed by atoms with Crippen LogP contribution in [-0.2, 0) is 17.8 Å². The van der Waals surface area contributed by atoms with E-state index in [0.29, 0.717) is 0 Å². The molecule has 136 valence electrons. The van der Waals surface area contributed by atoms with Crippen molar-refractivity contribution in [1.82, 2.24) is 4.90 Å². The van der Waals surface area contributed by atoms with E-state index >= 15 is 0 Å². The number of hydrogen-bond donors (Lipinski definition) is 3. The van der Waals surface area contributed by atoms with E-state index in [9.17, 15) is 9.90 Å². The van der Waals surface area contributed by atoms with Crippen LogP contribution in [0.2, 0.25) is 0 Å². The van der Waals surface area contributed by atoms with E-state index in [1.54, 1.807) is 24.3 Å². The van der Waals surface area contributed by atoms with E-state index in [1.165, 1.54) is 16.8 Å². The largest absolute Gasteiger partial charge is 0.508 e. The summed E-state index contributed by atoms with van der Waals surface area (Å²) < 4.78 is 0. The zero-order valence-corrected chi connectivity index (χ0v) is 14.9. The van der Waals surface area contributed by atoms with Crippen LogP contribution in [-0.4, -0.2) is 35.5 Å². The zero-order chi connectivity index (χ0) is 17.9. The van der Waals surface area contributed by atoms with Gasteiger partial charge >= 0.3 is 0 Å². The van der Waals surface area contributed by atoms with E-state index < -0.39 is 0 Å². The first-order valence-electron chi connectivity index (χ1n) is 9.36. The molecule has 5 heteroatoms. The van der Waals surface area contributed by atoms with Gasteiger partial charge in [-0.05, 0) is 67.7 Å². The number of anilines is 2. The van der Waals surface area contributed by atoms with Gasteiger partial charge in [-0.3, -0.25) is 9.69 Å². The smallest absolute Gasteiger partial charge is 0.227 e. The Bertz CT molecular complexity index is 780. The Kier molecular flexibility index (Phi) is 4.80. The number of carbonyl (C=O) groups is 1. The van der Waals surface area contributed by atoms with Crippen molar-refractivity contribution in [3.8, 4) is 5.75 Å². The Morgan fingerprint density at radius 2 is 1.92 bits per heavy atom. The lowest BCUT2D eigenvalue weighted by Gasteiger charge is -2.31. The lowest BCUT2D eigenvalue weighted by molar-refractivity contribution is -0.121. The summed E-state index contributed by atoms with van der Waals surface area (Å²) in [7, 11) is 0. The topological polar surface area (TPSA) is 64.6 Å². The van der Waals surface area contributed by atoms with E-state index in [4.69, 9.17) is 0 Å². The third-order valence-corrected chi connectivity index (χ3v) is 5.42. The van der Waals surface area contributed by atoms with Gasteiger partial charge in [-0.2, -0.15) is 0 Å². The number of aromatic hydroxyl groups is 1. The molecular formula is C21H25N3O2. The highest BCUT2D eigenvalue weighted by Gasteiger charge is 2.26. The molecule has 0 spiro atoms. The van der Waals surface area contributed by atoms with Gasteiger partial charge in [0, 0.05) is 30.4 Å². The number of carbonyl (C=O) groups excluding carboxylic acids is 1. The molecule has 0 radical (unpaired) electrons. The molecule has 2 aliphatic rings. The normalized spacial score (nSPS) is 17.5. The van der Waals surface area contributed by atoms with Crippen LogP contribution in [0.3, 0.4) is 0 Å². The van der Waals surface area contributed by atoms with Crippen LogP contribution < -0.4 is 10.6 Å². The number of hydrogen-bond acceptors (Lipinski definition) is 4. The number of nitrogens with zero attached hydrogens (tertiary/aromatic N) is 1. The first-order chi connectivity index (χ1) is 12.7. The van der Waals surface area contributed by atoms with Crippen LogP contribution >= 0.6 is 0 Å². The summed E-state index contributed by atoms with van der Waals surface area (Å²) in [6.45, 7) is 3.86. The lowest BCUT2D eigenvalue weighted by atomic mass is 9.95.